The summed E-state index contributed by atoms with van der Waals surface area (Å²) >= 11 is 1.71. The van der Waals surface area contributed by atoms with E-state index in [4.69, 9.17) is 4.74 Å². The van der Waals surface area contributed by atoms with E-state index in [1.165, 1.54) is 12.8 Å². The van der Waals surface area contributed by atoms with E-state index in [-0.39, 0.29) is 0 Å². The number of nitrogens with one attached hydrogen (secondary N) is 1. The Kier molecular flexibility index (Phi) is 6.47. The molecule has 1 aromatic heterocycles. The van der Waals surface area contributed by atoms with Gasteiger partial charge in [0.05, 0.1) is 6.61 Å². The van der Waals surface area contributed by atoms with Crippen molar-refractivity contribution in [3.05, 3.63) is 10.0 Å². The highest BCUT2D eigenvalue weighted by Crippen LogP contribution is 2.11. The topological polar surface area (TPSA) is 47.0 Å². The molecule has 1 heterocycles. The predicted molar refractivity (Wildman–Crippen MR) is 62.1 cm³/mol. The first kappa shape index (κ1) is 12.5. The molecule has 86 valence electrons. The minimum atomic E-state index is 0.738. The second-order valence-corrected chi connectivity index (χ2v) is 4.51. The van der Waals surface area contributed by atoms with Gasteiger partial charge < -0.3 is 10.1 Å². The molecule has 0 fully saturated rings. The lowest BCUT2D eigenvalue weighted by atomic mass is 10.3. The Morgan fingerprint density at radius 1 is 1.33 bits per heavy atom. The van der Waals surface area contributed by atoms with Crippen molar-refractivity contribution in [3.63, 3.8) is 0 Å². The molecule has 0 aliphatic carbocycles. The molecule has 0 amide bonds. The normalized spacial score (nSPS) is 10.8. The molecule has 4 nitrogen and oxygen atoms in total. The largest absolute Gasteiger partial charge is 0.383 e. The summed E-state index contributed by atoms with van der Waals surface area (Å²) in [6.07, 6.45) is 3.47. The highest BCUT2D eigenvalue weighted by Gasteiger charge is 2.02. The lowest BCUT2D eigenvalue weighted by Gasteiger charge is -1.99. The second kappa shape index (κ2) is 7.73. The highest BCUT2D eigenvalue weighted by atomic mass is 32.1. The summed E-state index contributed by atoms with van der Waals surface area (Å²) in [4.78, 5) is 0. The maximum atomic E-state index is 4.94. The van der Waals surface area contributed by atoms with Crippen LogP contribution in [0.25, 0.3) is 0 Å². The van der Waals surface area contributed by atoms with Gasteiger partial charge in [-0.3, -0.25) is 0 Å². The first-order valence-corrected chi connectivity index (χ1v) is 6.19. The summed E-state index contributed by atoms with van der Waals surface area (Å²) in [5, 5.41) is 13.8. The van der Waals surface area contributed by atoms with Crippen molar-refractivity contribution in [1.82, 2.24) is 15.5 Å². The molecule has 0 aliphatic rings. The molecule has 0 unspecified atom stereocenters. The van der Waals surface area contributed by atoms with Crippen LogP contribution in [0.3, 0.4) is 0 Å². The van der Waals surface area contributed by atoms with Crippen LogP contribution in [-0.4, -0.2) is 30.5 Å². The molecule has 0 bridgehead atoms. The van der Waals surface area contributed by atoms with Gasteiger partial charge in [-0.15, -0.1) is 21.5 Å². The number of aryl methyl sites for hydroxylation is 1. The Hall–Kier alpha value is -0.520. The van der Waals surface area contributed by atoms with Gasteiger partial charge in [0.1, 0.15) is 10.0 Å². The quantitative estimate of drug-likeness (QED) is 0.688. The number of methoxy groups -OCH3 is 1. The van der Waals surface area contributed by atoms with Crippen LogP contribution < -0.4 is 5.32 Å². The Morgan fingerprint density at radius 3 is 2.87 bits per heavy atom. The van der Waals surface area contributed by atoms with Crippen molar-refractivity contribution in [2.75, 3.05) is 20.3 Å². The van der Waals surface area contributed by atoms with Crippen LogP contribution in [0.4, 0.5) is 0 Å². The number of aromatic nitrogens is 2. The van der Waals surface area contributed by atoms with Gasteiger partial charge in [-0.1, -0.05) is 13.3 Å². The number of ether oxygens (including phenoxy) is 1. The standard InChI is InChI=1S/C10H19N3OS/c1-3-4-5-9-12-13-10(15-9)8-11-6-7-14-2/h11H,3-8H2,1-2H3. The van der Waals surface area contributed by atoms with Gasteiger partial charge in [0, 0.05) is 26.6 Å². The molecule has 0 radical (unpaired) electrons. The van der Waals surface area contributed by atoms with Crippen LogP contribution in [0.5, 0.6) is 0 Å². The number of rotatable bonds is 8. The number of nitrogens with zero attached hydrogens (tertiary/aromatic N) is 2. The fraction of sp³-hybridized carbons (Fsp3) is 0.800. The SMILES string of the molecule is CCCCc1nnc(CNCCOC)s1. The molecule has 1 aromatic rings. The van der Waals surface area contributed by atoms with Crippen molar-refractivity contribution in [2.24, 2.45) is 0 Å². The highest BCUT2D eigenvalue weighted by molar-refractivity contribution is 7.11. The second-order valence-electron chi connectivity index (χ2n) is 3.36. The van der Waals surface area contributed by atoms with Crippen molar-refractivity contribution in [3.8, 4) is 0 Å². The van der Waals surface area contributed by atoms with Crippen molar-refractivity contribution >= 4 is 11.3 Å². The molecular formula is C10H19N3OS. The van der Waals surface area contributed by atoms with E-state index in [9.17, 15) is 0 Å². The fourth-order valence-electron chi connectivity index (χ4n) is 1.16. The minimum Gasteiger partial charge on any atom is -0.383 e. The van der Waals surface area contributed by atoms with Gasteiger partial charge in [0.25, 0.3) is 0 Å². The van der Waals surface area contributed by atoms with Crippen LogP contribution in [0.1, 0.15) is 29.8 Å². The first-order valence-electron chi connectivity index (χ1n) is 5.37. The third-order valence-corrected chi connectivity index (χ3v) is 3.00. The van der Waals surface area contributed by atoms with Crippen LogP contribution >= 0.6 is 11.3 Å². The molecule has 1 N–H and O–H groups in total. The van der Waals surface area contributed by atoms with Crippen LogP contribution in [0, 0.1) is 0 Å². The summed E-state index contributed by atoms with van der Waals surface area (Å²) in [5.74, 6) is 0. The molecule has 0 atom stereocenters. The van der Waals surface area contributed by atoms with Crippen LogP contribution in [0.2, 0.25) is 0 Å². The fourth-order valence-corrected chi connectivity index (χ4v) is 2.01. The van der Waals surface area contributed by atoms with E-state index >= 15 is 0 Å². The molecule has 0 aliphatic heterocycles. The Labute approximate surface area is 95.1 Å². The van der Waals surface area contributed by atoms with Gasteiger partial charge in [-0.05, 0) is 6.42 Å². The summed E-state index contributed by atoms with van der Waals surface area (Å²) in [7, 11) is 1.70. The zero-order chi connectivity index (χ0) is 10.9. The van der Waals surface area contributed by atoms with E-state index in [1.807, 2.05) is 0 Å². The summed E-state index contributed by atoms with van der Waals surface area (Å²) in [6.45, 7) is 4.59. The van der Waals surface area contributed by atoms with E-state index in [0.29, 0.717) is 0 Å². The van der Waals surface area contributed by atoms with E-state index in [0.717, 1.165) is 36.1 Å². The molecular weight excluding hydrogens is 210 g/mol. The third kappa shape index (κ3) is 5.20. The van der Waals surface area contributed by atoms with Gasteiger partial charge in [0.15, 0.2) is 0 Å². The van der Waals surface area contributed by atoms with Gasteiger partial charge in [-0.25, -0.2) is 0 Å². The lowest BCUT2D eigenvalue weighted by Crippen LogP contribution is -2.18. The van der Waals surface area contributed by atoms with E-state index in [1.54, 1.807) is 18.4 Å². The zero-order valence-corrected chi connectivity index (χ0v) is 10.3. The number of hydrogen-bond donors (Lipinski definition) is 1. The van der Waals surface area contributed by atoms with Gasteiger partial charge >= 0.3 is 0 Å². The molecule has 0 saturated heterocycles. The monoisotopic (exact) mass is 229 g/mol. The van der Waals surface area contributed by atoms with Crippen LogP contribution in [0.15, 0.2) is 0 Å². The summed E-state index contributed by atoms with van der Waals surface area (Å²) in [5.41, 5.74) is 0. The zero-order valence-electron chi connectivity index (χ0n) is 9.45. The maximum Gasteiger partial charge on any atom is 0.131 e. The van der Waals surface area contributed by atoms with Crippen LogP contribution in [-0.2, 0) is 17.7 Å². The molecule has 15 heavy (non-hydrogen) atoms. The predicted octanol–water partition coefficient (Wildman–Crippen LogP) is 1.62. The molecule has 1 rings (SSSR count). The summed E-state index contributed by atoms with van der Waals surface area (Å²) in [6, 6.07) is 0. The average molecular weight is 229 g/mol. The van der Waals surface area contributed by atoms with E-state index in [2.05, 4.69) is 22.4 Å². The van der Waals surface area contributed by atoms with Crippen molar-refractivity contribution in [2.45, 2.75) is 32.7 Å². The Morgan fingerprint density at radius 2 is 2.13 bits per heavy atom. The first-order chi connectivity index (χ1) is 7.36. The average Bonchev–Trinajstić information content (AvgIpc) is 2.69. The maximum absolute atomic E-state index is 4.94. The molecule has 0 saturated carbocycles. The van der Waals surface area contributed by atoms with E-state index < -0.39 is 0 Å². The van der Waals surface area contributed by atoms with Gasteiger partial charge in [0.2, 0.25) is 0 Å². The molecule has 5 heteroatoms. The smallest absolute Gasteiger partial charge is 0.131 e. The number of hydrogen-bond acceptors (Lipinski definition) is 5. The lowest BCUT2D eigenvalue weighted by molar-refractivity contribution is 0.199. The molecule has 0 spiro atoms. The van der Waals surface area contributed by atoms with Gasteiger partial charge in [-0.2, -0.15) is 0 Å². The van der Waals surface area contributed by atoms with Crippen molar-refractivity contribution < 1.29 is 4.74 Å². The molecule has 0 aromatic carbocycles. The Bertz CT molecular complexity index is 265. The third-order valence-electron chi connectivity index (χ3n) is 2.01. The van der Waals surface area contributed by atoms with Crippen molar-refractivity contribution in [1.29, 1.82) is 0 Å². The number of unbranched alkanes of at least 4 members (excludes halogenated alkanes) is 1. The minimum absolute atomic E-state index is 0.738. The summed E-state index contributed by atoms with van der Waals surface area (Å²) < 4.78 is 4.94. The Balaban J connectivity index is 2.20.